The Labute approximate surface area is 126 Å². The van der Waals surface area contributed by atoms with Crippen LogP contribution in [0.25, 0.3) is 0 Å². The largest absolute Gasteiger partial charge is 0.327 e. The Morgan fingerprint density at radius 1 is 1.32 bits per heavy atom. The number of rotatable bonds is 5. The topological polar surface area (TPSA) is 26.0 Å². The van der Waals surface area contributed by atoms with Crippen molar-refractivity contribution in [1.82, 2.24) is 0 Å². The summed E-state index contributed by atoms with van der Waals surface area (Å²) in [5, 5.41) is 0.798. The minimum Gasteiger partial charge on any atom is -0.327 e. The summed E-state index contributed by atoms with van der Waals surface area (Å²) in [6, 6.07) is 8.38. The fourth-order valence-corrected chi connectivity index (χ4v) is 4.06. The van der Waals surface area contributed by atoms with Gasteiger partial charge in [-0.2, -0.15) is 0 Å². The summed E-state index contributed by atoms with van der Waals surface area (Å²) in [6.45, 7) is 2.31. The molecule has 2 rings (SSSR count). The lowest BCUT2D eigenvalue weighted by atomic mass is 9.77. The van der Waals surface area contributed by atoms with Crippen molar-refractivity contribution in [3.63, 3.8) is 0 Å². The third kappa shape index (κ3) is 4.70. The molecule has 1 aliphatic rings. The average molecular weight is 298 g/mol. The van der Waals surface area contributed by atoms with Gasteiger partial charge in [0.1, 0.15) is 0 Å². The van der Waals surface area contributed by atoms with Gasteiger partial charge in [0.15, 0.2) is 0 Å². The maximum atomic E-state index is 6.40. The van der Waals surface area contributed by atoms with Crippen LogP contribution in [0.4, 0.5) is 0 Å². The molecule has 1 aromatic rings. The summed E-state index contributed by atoms with van der Waals surface area (Å²) in [5.74, 6) is 2.65. The van der Waals surface area contributed by atoms with Crippen LogP contribution in [-0.2, 0) is 0 Å². The Hall–Kier alpha value is -0.180. The molecule has 1 saturated carbocycles. The molecule has 0 radical (unpaired) electrons. The molecule has 0 amide bonds. The first kappa shape index (κ1) is 15.2. The molecule has 0 bridgehead atoms. The van der Waals surface area contributed by atoms with Crippen molar-refractivity contribution in [2.45, 2.75) is 50.0 Å². The van der Waals surface area contributed by atoms with Gasteiger partial charge in [0.25, 0.3) is 0 Å². The molecular formula is C16H24ClNS. The summed E-state index contributed by atoms with van der Waals surface area (Å²) in [5.41, 5.74) is 6.40. The van der Waals surface area contributed by atoms with Gasteiger partial charge in [0.05, 0.1) is 0 Å². The van der Waals surface area contributed by atoms with Crippen LogP contribution in [-0.4, -0.2) is 11.8 Å². The summed E-state index contributed by atoms with van der Waals surface area (Å²) in [6.07, 6.45) is 6.73. The molecule has 0 heterocycles. The maximum Gasteiger partial charge on any atom is 0.0406 e. The van der Waals surface area contributed by atoms with Crippen molar-refractivity contribution in [2.75, 3.05) is 5.75 Å². The molecule has 1 aromatic carbocycles. The van der Waals surface area contributed by atoms with Gasteiger partial charge in [-0.25, -0.2) is 0 Å². The molecule has 0 aliphatic heterocycles. The molecule has 1 fully saturated rings. The lowest BCUT2D eigenvalue weighted by Crippen LogP contribution is -2.35. The molecule has 3 atom stereocenters. The lowest BCUT2D eigenvalue weighted by molar-refractivity contribution is 0.238. The Bertz CT molecular complexity index is 379. The van der Waals surface area contributed by atoms with Crippen molar-refractivity contribution in [3.05, 3.63) is 29.3 Å². The van der Waals surface area contributed by atoms with Crippen molar-refractivity contribution < 1.29 is 0 Å². The monoisotopic (exact) mass is 297 g/mol. The van der Waals surface area contributed by atoms with Crippen LogP contribution >= 0.6 is 23.4 Å². The van der Waals surface area contributed by atoms with Crippen LogP contribution in [0.2, 0.25) is 5.02 Å². The molecule has 0 spiro atoms. The third-order valence-electron chi connectivity index (χ3n) is 4.26. The van der Waals surface area contributed by atoms with Crippen LogP contribution in [0, 0.1) is 11.8 Å². The fourth-order valence-electron chi connectivity index (χ4n) is 2.95. The van der Waals surface area contributed by atoms with Gasteiger partial charge in [-0.3, -0.25) is 0 Å². The van der Waals surface area contributed by atoms with Crippen molar-refractivity contribution in [2.24, 2.45) is 17.6 Å². The highest BCUT2D eigenvalue weighted by molar-refractivity contribution is 7.99. The second-order valence-corrected chi connectivity index (χ2v) is 7.16. The molecule has 1 nitrogen and oxygen atoms in total. The summed E-state index contributed by atoms with van der Waals surface area (Å²) in [4.78, 5) is 1.27. The van der Waals surface area contributed by atoms with E-state index < -0.39 is 0 Å². The van der Waals surface area contributed by atoms with Crippen LogP contribution < -0.4 is 5.73 Å². The number of nitrogens with two attached hydrogens (primary N) is 1. The van der Waals surface area contributed by atoms with Crippen molar-refractivity contribution in [3.8, 4) is 0 Å². The molecule has 0 aromatic heterocycles. The predicted molar refractivity (Wildman–Crippen MR) is 85.9 cm³/mol. The Morgan fingerprint density at radius 2 is 2.05 bits per heavy atom. The first-order valence-electron chi connectivity index (χ1n) is 7.33. The van der Waals surface area contributed by atoms with Gasteiger partial charge in [-0.15, -0.1) is 11.8 Å². The smallest absolute Gasteiger partial charge is 0.0406 e. The van der Waals surface area contributed by atoms with E-state index in [-0.39, 0.29) is 0 Å². The van der Waals surface area contributed by atoms with Crippen LogP contribution in [0.3, 0.4) is 0 Å². The molecule has 3 unspecified atom stereocenters. The van der Waals surface area contributed by atoms with E-state index in [0.29, 0.717) is 6.04 Å². The third-order valence-corrected chi connectivity index (χ3v) is 5.67. The van der Waals surface area contributed by atoms with Gasteiger partial charge in [-0.05, 0) is 48.9 Å². The zero-order valence-corrected chi connectivity index (χ0v) is 13.2. The second-order valence-electron chi connectivity index (χ2n) is 5.63. The predicted octanol–water partition coefficient (Wildman–Crippen LogP) is 4.98. The minimum absolute atomic E-state index is 0.329. The molecule has 2 N–H and O–H groups in total. The SMILES string of the molecule is CCC1CCCC(C(N)CSc2ccc(Cl)cc2)C1. The molecule has 3 heteroatoms. The highest BCUT2D eigenvalue weighted by Crippen LogP contribution is 2.34. The van der Waals surface area contributed by atoms with E-state index in [4.69, 9.17) is 17.3 Å². The van der Waals surface area contributed by atoms with E-state index in [0.717, 1.165) is 22.6 Å². The number of hydrogen-bond acceptors (Lipinski definition) is 2. The Kier molecular flexibility index (Phi) is 6.06. The molecule has 19 heavy (non-hydrogen) atoms. The number of halogens is 1. The Morgan fingerprint density at radius 3 is 2.74 bits per heavy atom. The van der Waals surface area contributed by atoms with E-state index in [1.54, 1.807) is 0 Å². The standard InChI is InChI=1S/C16H24ClNS/c1-2-12-4-3-5-13(10-12)16(18)11-19-15-8-6-14(17)7-9-15/h6-9,12-13,16H,2-5,10-11,18H2,1H3. The number of thioether (sulfide) groups is 1. The molecular weight excluding hydrogens is 274 g/mol. The van der Waals surface area contributed by atoms with Crippen LogP contribution in [0.5, 0.6) is 0 Å². The summed E-state index contributed by atoms with van der Waals surface area (Å²) < 4.78 is 0. The Balaban J connectivity index is 1.80. The summed E-state index contributed by atoms with van der Waals surface area (Å²) >= 11 is 7.75. The normalized spacial score (nSPS) is 25.2. The van der Waals surface area contributed by atoms with Crippen LogP contribution in [0.1, 0.15) is 39.0 Å². The van der Waals surface area contributed by atoms with E-state index in [9.17, 15) is 0 Å². The fraction of sp³-hybridized carbons (Fsp3) is 0.625. The van der Waals surface area contributed by atoms with E-state index >= 15 is 0 Å². The first-order valence-corrected chi connectivity index (χ1v) is 8.69. The van der Waals surface area contributed by atoms with Gasteiger partial charge in [-0.1, -0.05) is 37.8 Å². The number of hydrogen-bond donors (Lipinski definition) is 1. The number of benzene rings is 1. The van der Waals surface area contributed by atoms with Crippen LogP contribution in [0.15, 0.2) is 29.2 Å². The van der Waals surface area contributed by atoms with E-state index in [1.165, 1.54) is 37.0 Å². The van der Waals surface area contributed by atoms with Gasteiger partial charge >= 0.3 is 0 Å². The first-order chi connectivity index (χ1) is 9.19. The average Bonchev–Trinajstić information content (AvgIpc) is 2.46. The lowest BCUT2D eigenvalue weighted by Gasteiger charge is -2.32. The van der Waals surface area contributed by atoms with E-state index in [1.807, 2.05) is 23.9 Å². The molecule has 106 valence electrons. The minimum atomic E-state index is 0.329. The van der Waals surface area contributed by atoms with Gasteiger partial charge in [0.2, 0.25) is 0 Å². The quantitative estimate of drug-likeness (QED) is 0.776. The zero-order chi connectivity index (χ0) is 13.7. The maximum absolute atomic E-state index is 6.40. The van der Waals surface area contributed by atoms with Gasteiger partial charge in [0, 0.05) is 21.7 Å². The highest BCUT2D eigenvalue weighted by Gasteiger charge is 2.25. The summed E-state index contributed by atoms with van der Waals surface area (Å²) in [7, 11) is 0. The zero-order valence-electron chi connectivity index (χ0n) is 11.6. The van der Waals surface area contributed by atoms with Gasteiger partial charge < -0.3 is 5.73 Å². The van der Waals surface area contributed by atoms with Crippen molar-refractivity contribution >= 4 is 23.4 Å². The molecule has 1 aliphatic carbocycles. The molecule has 0 saturated heterocycles. The highest BCUT2D eigenvalue weighted by atomic mass is 35.5. The van der Waals surface area contributed by atoms with E-state index in [2.05, 4.69) is 19.1 Å². The second kappa shape index (κ2) is 7.56. The van der Waals surface area contributed by atoms with Crippen molar-refractivity contribution in [1.29, 1.82) is 0 Å².